The maximum atomic E-state index is 13.9. The Kier molecular flexibility index (Phi) is 10.6. The van der Waals surface area contributed by atoms with Gasteiger partial charge in [0.2, 0.25) is 5.91 Å². The molecule has 1 saturated carbocycles. The van der Waals surface area contributed by atoms with E-state index in [2.05, 4.69) is 29.4 Å². The van der Waals surface area contributed by atoms with Crippen LogP contribution in [0.15, 0.2) is 60.7 Å². The second-order valence-corrected chi connectivity index (χ2v) is 14.5. The van der Waals surface area contributed by atoms with Crippen LogP contribution in [-0.2, 0) is 16.0 Å². The van der Waals surface area contributed by atoms with E-state index in [0.717, 1.165) is 60.3 Å². The number of carbonyl (C=O) groups excluding carboxylic acids is 2. The molecule has 2 aliphatic rings. The standard InChI is InChI=1S/C38H48ClN3O5/c1-24(2)46-34-22-32-27(20-33(34)45-7)21-35(43)42(36(32)26-10-12-28(39)13-11-26)31-18-16-30(17-19-31)41(6)23-25-8-14-29(15-9-25)40-37(44)47-38(3,4)5/h10-13,16-20,22,24-25,29,36H,8-9,14-15,21,23H2,1-7H3,(H,40,44). The van der Waals surface area contributed by atoms with Crippen LogP contribution >= 0.6 is 11.6 Å². The summed E-state index contributed by atoms with van der Waals surface area (Å²) < 4.78 is 17.2. The van der Waals surface area contributed by atoms with Crippen molar-refractivity contribution in [3.8, 4) is 11.5 Å². The number of anilines is 2. The number of methoxy groups -OCH3 is 1. The van der Waals surface area contributed by atoms with Gasteiger partial charge >= 0.3 is 6.09 Å². The SMILES string of the molecule is COc1cc2c(cc1OC(C)C)C(c1ccc(Cl)cc1)N(c1ccc(N(C)CC3CCC(NC(=O)OC(C)(C)C)CC3)cc1)C(=O)C2. The van der Waals surface area contributed by atoms with Crippen molar-refractivity contribution in [3.05, 3.63) is 82.4 Å². The lowest BCUT2D eigenvalue weighted by atomic mass is 9.85. The van der Waals surface area contributed by atoms with Crippen molar-refractivity contribution < 1.29 is 23.8 Å². The molecule has 0 aromatic heterocycles. The maximum absolute atomic E-state index is 13.9. The number of hydrogen-bond acceptors (Lipinski definition) is 6. The van der Waals surface area contributed by atoms with E-state index in [9.17, 15) is 9.59 Å². The molecule has 0 saturated heterocycles. The van der Waals surface area contributed by atoms with Crippen molar-refractivity contribution in [2.75, 3.05) is 30.5 Å². The molecule has 1 fully saturated rings. The van der Waals surface area contributed by atoms with Crippen molar-refractivity contribution in [2.45, 2.75) is 90.5 Å². The fourth-order valence-electron chi connectivity index (χ4n) is 6.65. The summed E-state index contributed by atoms with van der Waals surface area (Å²) in [6.07, 6.45) is 3.85. The largest absolute Gasteiger partial charge is 0.493 e. The number of alkyl carbamates (subject to hydrolysis) is 1. The number of nitrogens with one attached hydrogen (secondary N) is 1. The molecule has 0 radical (unpaired) electrons. The number of carbonyl (C=O) groups is 2. The predicted molar refractivity (Wildman–Crippen MR) is 188 cm³/mol. The van der Waals surface area contributed by atoms with Crippen molar-refractivity contribution in [1.29, 1.82) is 0 Å². The first-order chi connectivity index (χ1) is 22.3. The fourth-order valence-corrected chi connectivity index (χ4v) is 6.78. The lowest BCUT2D eigenvalue weighted by Crippen LogP contribution is -2.42. The van der Waals surface area contributed by atoms with Gasteiger partial charge in [-0.25, -0.2) is 4.79 Å². The second kappa shape index (κ2) is 14.5. The molecule has 47 heavy (non-hydrogen) atoms. The lowest BCUT2D eigenvalue weighted by molar-refractivity contribution is -0.118. The van der Waals surface area contributed by atoms with Gasteiger partial charge in [0.1, 0.15) is 5.60 Å². The van der Waals surface area contributed by atoms with Gasteiger partial charge in [-0.15, -0.1) is 0 Å². The zero-order valence-electron chi connectivity index (χ0n) is 28.6. The van der Waals surface area contributed by atoms with Gasteiger partial charge in [-0.1, -0.05) is 23.7 Å². The van der Waals surface area contributed by atoms with E-state index in [1.807, 2.05) is 88.0 Å². The highest BCUT2D eigenvalue weighted by Crippen LogP contribution is 2.44. The predicted octanol–water partition coefficient (Wildman–Crippen LogP) is 8.33. The molecule has 1 aliphatic carbocycles. The van der Waals surface area contributed by atoms with Crippen LogP contribution in [-0.4, -0.2) is 50.4 Å². The Morgan fingerprint density at radius 2 is 1.66 bits per heavy atom. The third-order valence-corrected chi connectivity index (χ3v) is 9.06. The zero-order valence-corrected chi connectivity index (χ0v) is 29.4. The number of amides is 2. The number of fused-ring (bicyclic) bond motifs is 1. The molecule has 1 unspecified atom stereocenters. The molecule has 1 heterocycles. The van der Waals surface area contributed by atoms with Crippen molar-refractivity contribution in [3.63, 3.8) is 0 Å². The Balaban J connectivity index is 1.33. The molecule has 5 rings (SSSR count). The summed E-state index contributed by atoms with van der Waals surface area (Å²) in [5, 5.41) is 3.68. The van der Waals surface area contributed by atoms with E-state index < -0.39 is 5.60 Å². The van der Waals surface area contributed by atoms with Gasteiger partial charge in [-0.05, 0) is 131 Å². The number of hydrogen-bond donors (Lipinski definition) is 1. The quantitative estimate of drug-likeness (QED) is 0.248. The molecular formula is C38H48ClN3O5. The average molecular weight is 662 g/mol. The Hall–Kier alpha value is -3.91. The molecule has 3 aromatic carbocycles. The highest BCUT2D eigenvalue weighted by Gasteiger charge is 2.36. The van der Waals surface area contributed by atoms with Gasteiger partial charge in [0.05, 0.1) is 25.7 Å². The minimum absolute atomic E-state index is 0.00915. The average Bonchev–Trinajstić information content (AvgIpc) is 3.00. The number of benzene rings is 3. The van der Waals surface area contributed by atoms with Gasteiger partial charge in [-0.3, -0.25) is 4.79 Å². The van der Waals surface area contributed by atoms with Crippen LogP contribution < -0.4 is 24.6 Å². The zero-order chi connectivity index (χ0) is 33.9. The van der Waals surface area contributed by atoms with Gasteiger partial charge in [0, 0.05) is 36.0 Å². The van der Waals surface area contributed by atoms with Crippen LogP contribution in [0.3, 0.4) is 0 Å². The van der Waals surface area contributed by atoms with Crippen LogP contribution in [0.25, 0.3) is 0 Å². The number of rotatable bonds is 9. The molecule has 0 bridgehead atoms. The van der Waals surface area contributed by atoms with E-state index in [-0.39, 0.29) is 36.6 Å². The van der Waals surface area contributed by atoms with Crippen molar-refractivity contribution in [1.82, 2.24) is 5.32 Å². The third-order valence-electron chi connectivity index (χ3n) is 8.81. The van der Waals surface area contributed by atoms with Crippen molar-refractivity contribution >= 4 is 35.0 Å². The van der Waals surface area contributed by atoms with Gasteiger partial charge in [0.15, 0.2) is 11.5 Å². The summed E-state index contributed by atoms with van der Waals surface area (Å²) in [5.74, 6) is 1.81. The summed E-state index contributed by atoms with van der Waals surface area (Å²) in [7, 11) is 3.73. The number of halogens is 1. The highest BCUT2D eigenvalue weighted by atomic mass is 35.5. The molecule has 1 N–H and O–H groups in total. The van der Waals surface area contributed by atoms with Crippen LogP contribution in [0.4, 0.5) is 16.2 Å². The molecule has 8 nitrogen and oxygen atoms in total. The Morgan fingerprint density at radius 1 is 1.00 bits per heavy atom. The molecule has 0 spiro atoms. The number of ether oxygens (including phenoxy) is 3. The molecular weight excluding hydrogens is 614 g/mol. The van der Waals surface area contributed by atoms with Gasteiger partial charge in [-0.2, -0.15) is 0 Å². The molecule has 2 amide bonds. The smallest absolute Gasteiger partial charge is 0.407 e. The van der Waals surface area contributed by atoms with E-state index >= 15 is 0 Å². The van der Waals surface area contributed by atoms with Crippen LogP contribution in [0.2, 0.25) is 5.02 Å². The Labute approximate surface area is 284 Å². The van der Waals surface area contributed by atoms with Crippen LogP contribution in [0.1, 0.15) is 83.0 Å². The van der Waals surface area contributed by atoms with Crippen LogP contribution in [0, 0.1) is 5.92 Å². The summed E-state index contributed by atoms with van der Waals surface area (Å²) in [4.78, 5) is 30.3. The lowest BCUT2D eigenvalue weighted by Gasteiger charge is -2.38. The summed E-state index contributed by atoms with van der Waals surface area (Å²) in [5.41, 5.74) is 4.30. The highest BCUT2D eigenvalue weighted by molar-refractivity contribution is 6.30. The number of nitrogens with zero attached hydrogens (tertiary/aromatic N) is 2. The topological polar surface area (TPSA) is 80.3 Å². The first-order valence-corrected chi connectivity index (χ1v) is 16.9. The normalized spacial score (nSPS) is 19.6. The maximum Gasteiger partial charge on any atom is 0.407 e. The third kappa shape index (κ3) is 8.52. The van der Waals surface area contributed by atoms with E-state index in [1.165, 1.54) is 0 Å². The monoisotopic (exact) mass is 661 g/mol. The minimum atomic E-state index is -0.498. The van der Waals surface area contributed by atoms with E-state index in [0.29, 0.717) is 22.4 Å². The van der Waals surface area contributed by atoms with E-state index in [1.54, 1.807) is 7.11 Å². The molecule has 3 aromatic rings. The minimum Gasteiger partial charge on any atom is -0.493 e. The van der Waals surface area contributed by atoms with Crippen LogP contribution in [0.5, 0.6) is 11.5 Å². The molecule has 252 valence electrons. The summed E-state index contributed by atoms with van der Waals surface area (Å²) in [6.45, 7) is 10.5. The molecule has 1 aliphatic heterocycles. The molecule has 9 heteroatoms. The summed E-state index contributed by atoms with van der Waals surface area (Å²) >= 11 is 6.28. The molecule has 1 atom stereocenters. The van der Waals surface area contributed by atoms with E-state index in [4.69, 9.17) is 25.8 Å². The second-order valence-electron chi connectivity index (χ2n) is 14.0. The Bertz CT molecular complexity index is 1540. The first-order valence-electron chi connectivity index (χ1n) is 16.6. The first kappa shape index (κ1) is 34.4. The Morgan fingerprint density at radius 3 is 2.26 bits per heavy atom. The fraction of sp³-hybridized carbons (Fsp3) is 0.474. The van der Waals surface area contributed by atoms with Gasteiger partial charge < -0.3 is 29.3 Å². The summed E-state index contributed by atoms with van der Waals surface area (Å²) in [6, 6.07) is 19.7. The van der Waals surface area contributed by atoms with Gasteiger partial charge in [0.25, 0.3) is 0 Å². The van der Waals surface area contributed by atoms with Crippen molar-refractivity contribution in [2.24, 2.45) is 5.92 Å².